The van der Waals surface area contributed by atoms with Crippen LogP contribution in [-0.4, -0.2) is 69.7 Å². The summed E-state index contributed by atoms with van der Waals surface area (Å²) in [5.74, 6) is 2.41. The highest BCUT2D eigenvalue weighted by molar-refractivity contribution is 6.33. The van der Waals surface area contributed by atoms with Crippen molar-refractivity contribution < 1.29 is 9.53 Å². The van der Waals surface area contributed by atoms with E-state index in [0.29, 0.717) is 43.6 Å². The van der Waals surface area contributed by atoms with Gasteiger partial charge in [-0.15, -0.1) is 0 Å². The highest BCUT2D eigenvalue weighted by atomic mass is 35.5. The number of anilines is 1. The number of imidazole rings is 1. The van der Waals surface area contributed by atoms with Crippen molar-refractivity contribution in [3.05, 3.63) is 35.1 Å². The summed E-state index contributed by atoms with van der Waals surface area (Å²) in [6.45, 7) is 7.64. The molecule has 0 N–H and O–H groups in total. The van der Waals surface area contributed by atoms with Gasteiger partial charge in [0.15, 0.2) is 17.0 Å². The van der Waals surface area contributed by atoms with Crippen LogP contribution in [0.2, 0.25) is 5.02 Å². The molecule has 2 aromatic heterocycles. The fraction of sp³-hybridized carbons (Fsp3) is 0.455. The summed E-state index contributed by atoms with van der Waals surface area (Å²) in [7, 11) is 0. The summed E-state index contributed by atoms with van der Waals surface area (Å²) in [5.41, 5.74) is 2.45. The number of carbonyl (C=O) groups is 1. The molecule has 2 fully saturated rings. The van der Waals surface area contributed by atoms with Gasteiger partial charge in [-0.1, -0.05) is 23.7 Å². The van der Waals surface area contributed by atoms with Gasteiger partial charge in [0, 0.05) is 45.3 Å². The molecule has 0 bridgehead atoms. The highest BCUT2D eigenvalue weighted by Gasteiger charge is 2.29. The van der Waals surface area contributed by atoms with E-state index < -0.39 is 0 Å². The van der Waals surface area contributed by atoms with E-state index in [-0.39, 0.29) is 11.9 Å². The minimum absolute atomic E-state index is 0.107. The molecule has 31 heavy (non-hydrogen) atoms. The number of halogens is 1. The predicted molar refractivity (Wildman–Crippen MR) is 119 cm³/mol. The average molecular weight is 441 g/mol. The van der Waals surface area contributed by atoms with Crippen molar-refractivity contribution in [1.82, 2.24) is 24.4 Å². The maximum Gasteiger partial charge on any atom is 0.219 e. The second-order valence-electron chi connectivity index (χ2n) is 8.06. The SMILES string of the molecule is CC(=O)N1CCN(c2nc(C)nc3c2nc(-c2ccccc2Cl)n3[C@H]2CCOC2)CC1. The first kappa shape index (κ1) is 20.2. The first-order chi connectivity index (χ1) is 15.0. The van der Waals surface area contributed by atoms with Gasteiger partial charge in [0.1, 0.15) is 11.6 Å². The van der Waals surface area contributed by atoms with Crippen LogP contribution in [0.25, 0.3) is 22.6 Å². The molecule has 0 radical (unpaired) electrons. The minimum atomic E-state index is 0.107. The predicted octanol–water partition coefficient (Wildman–Crippen LogP) is 3.09. The van der Waals surface area contributed by atoms with E-state index in [1.807, 2.05) is 36.1 Å². The molecule has 2 aliphatic heterocycles. The van der Waals surface area contributed by atoms with E-state index >= 15 is 0 Å². The number of rotatable bonds is 3. The number of benzene rings is 1. The molecule has 1 aromatic carbocycles. The third-order valence-corrected chi connectivity index (χ3v) is 6.37. The lowest BCUT2D eigenvalue weighted by molar-refractivity contribution is -0.129. The molecular weight excluding hydrogens is 416 g/mol. The molecule has 3 aromatic rings. The largest absolute Gasteiger partial charge is 0.379 e. The van der Waals surface area contributed by atoms with Crippen LogP contribution in [0.1, 0.15) is 25.2 Å². The molecular formula is C22H25ClN6O2. The highest BCUT2D eigenvalue weighted by Crippen LogP contribution is 2.36. The van der Waals surface area contributed by atoms with Gasteiger partial charge in [0.25, 0.3) is 0 Å². The maximum atomic E-state index is 11.7. The summed E-state index contributed by atoms with van der Waals surface area (Å²) in [4.78, 5) is 30.4. The number of aromatic nitrogens is 4. The van der Waals surface area contributed by atoms with Crippen molar-refractivity contribution in [1.29, 1.82) is 0 Å². The molecule has 1 amide bonds. The molecule has 5 rings (SSSR count). The van der Waals surface area contributed by atoms with E-state index in [1.54, 1.807) is 6.92 Å². The summed E-state index contributed by atoms with van der Waals surface area (Å²) < 4.78 is 7.86. The third kappa shape index (κ3) is 3.64. The number of fused-ring (bicyclic) bond motifs is 1. The number of aryl methyl sites for hydroxylation is 1. The Morgan fingerprint density at radius 2 is 1.90 bits per heavy atom. The fourth-order valence-electron chi connectivity index (χ4n) is 4.42. The van der Waals surface area contributed by atoms with Crippen molar-refractivity contribution in [2.45, 2.75) is 26.3 Å². The summed E-state index contributed by atoms with van der Waals surface area (Å²) in [6, 6.07) is 7.90. The summed E-state index contributed by atoms with van der Waals surface area (Å²) in [6.07, 6.45) is 0.901. The lowest BCUT2D eigenvalue weighted by atomic mass is 10.2. The number of ether oxygens (including phenoxy) is 1. The van der Waals surface area contributed by atoms with Crippen molar-refractivity contribution in [2.75, 3.05) is 44.3 Å². The lowest BCUT2D eigenvalue weighted by Gasteiger charge is -2.35. The van der Waals surface area contributed by atoms with Gasteiger partial charge in [-0.25, -0.2) is 15.0 Å². The third-order valence-electron chi connectivity index (χ3n) is 6.04. The normalized spacial score (nSPS) is 19.4. The number of hydrogen-bond acceptors (Lipinski definition) is 6. The number of piperazine rings is 1. The molecule has 0 spiro atoms. The monoisotopic (exact) mass is 440 g/mol. The van der Waals surface area contributed by atoms with E-state index in [4.69, 9.17) is 31.3 Å². The molecule has 162 valence electrons. The molecule has 2 aliphatic rings. The Morgan fingerprint density at radius 1 is 1.13 bits per heavy atom. The Balaban J connectivity index is 1.66. The van der Waals surface area contributed by atoms with Crippen molar-refractivity contribution in [3.63, 3.8) is 0 Å². The number of carbonyl (C=O) groups excluding carboxylic acids is 1. The van der Waals surface area contributed by atoms with E-state index in [0.717, 1.165) is 41.4 Å². The van der Waals surface area contributed by atoms with Gasteiger partial charge in [-0.3, -0.25) is 4.79 Å². The van der Waals surface area contributed by atoms with Gasteiger partial charge in [-0.2, -0.15) is 0 Å². The second-order valence-corrected chi connectivity index (χ2v) is 8.47. The number of nitrogens with zero attached hydrogens (tertiary/aromatic N) is 6. The van der Waals surface area contributed by atoms with Crippen LogP contribution >= 0.6 is 11.6 Å². The molecule has 8 nitrogen and oxygen atoms in total. The van der Waals surface area contributed by atoms with Gasteiger partial charge in [0.2, 0.25) is 5.91 Å². The average Bonchev–Trinajstić information content (AvgIpc) is 3.41. The second kappa shape index (κ2) is 8.09. The van der Waals surface area contributed by atoms with Crippen molar-refractivity contribution in [2.24, 2.45) is 0 Å². The Bertz CT molecular complexity index is 1130. The first-order valence-electron chi connectivity index (χ1n) is 10.6. The van der Waals surface area contributed by atoms with Crippen molar-refractivity contribution >= 4 is 34.5 Å². The molecule has 0 aliphatic carbocycles. The Labute approximate surface area is 185 Å². The van der Waals surface area contributed by atoms with Gasteiger partial charge >= 0.3 is 0 Å². The van der Waals surface area contributed by atoms with Crippen LogP contribution < -0.4 is 4.90 Å². The van der Waals surface area contributed by atoms with Crippen LogP contribution in [0.3, 0.4) is 0 Å². The van der Waals surface area contributed by atoms with E-state index in [9.17, 15) is 4.79 Å². The minimum Gasteiger partial charge on any atom is -0.379 e. The molecule has 9 heteroatoms. The standard InChI is InChI=1S/C22H25ClN6O2/c1-14-24-21(28-10-8-27(9-11-28)15(2)30)19-22(25-14)29(16-7-12-31-13-16)20(26-19)17-5-3-4-6-18(17)23/h3-6,16H,7-13H2,1-2H3/t16-/m0/s1. The van der Waals surface area contributed by atoms with Crippen molar-refractivity contribution in [3.8, 4) is 11.4 Å². The van der Waals surface area contributed by atoms with Gasteiger partial charge < -0.3 is 19.1 Å². The van der Waals surface area contributed by atoms with Crippen LogP contribution in [0, 0.1) is 6.92 Å². The Hall–Kier alpha value is -2.71. The van der Waals surface area contributed by atoms with E-state index in [2.05, 4.69) is 9.47 Å². The molecule has 0 saturated carbocycles. The fourth-order valence-corrected chi connectivity index (χ4v) is 4.64. The summed E-state index contributed by atoms with van der Waals surface area (Å²) >= 11 is 6.56. The van der Waals surface area contributed by atoms with Crippen LogP contribution in [0.5, 0.6) is 0 Å². The van der Waals surface area contributed by atoms with E-state index in [1.165, 1.54) is 0 Å². The van der Waals surface area contributed by atoms with Crippen LogP contribution in [-0.2, 0) is 9.53 Å². The molecule has 4 heterocycles. The molecule has 2 saturated heterocycles. The maximum absolute atomic E-state index is 11.7. The topological polar surface area (TPSA) is 76.4 Å². The smallest absolute Gasteiger partial charge is 0.219 e. The quantitative estimate of drug-likeness (QED) is 0.623. The zero-order valence-corrected chi connectivity index (χ0v) is 18.5. The molecule has 0 unspecified atom stereocenters. The number of hydrogen-bond donors (Lipinski definition) is 0. The van der Waals surface area contributed by atoms with Crippen LogP contribution in [0.15, 0.2) is 24.3 Å². The Kier molecular flexibility index (Phi) is 5.27. The Morgan fingerprint density at radius 3 is 2.58 bits per heavy atom. The summed E-state index contributed by atoms with van der Waals surface area (Å²) in [5, 5.41) is 0.652. The lowest BCUT2D eigenvalue weighted by Crippen LogP contribution is -2.48. The van der Waals surface area contributed by atoms with Crippen LogP contribution in [0.4, 0.5) is 5.82 Å². The van der Waals surface area contributed by atoms with Gasteiger partial charge in [0.05, 0.1) is 17.7 Å². The zero-order valence-electron chi connectivity index (χ0n) is 17.7. The van der Waals surface area contributed by atoms with Gasteiger partial charge in [-0.05, 0) is 25.5 Å². The number of amides is 1. The first-order valence-corrected chi connectivity index (χ1v) is 11.0. The zero-order chi connectivity index (χ0) is 21.5. The molecule has 1 atom stereocenters.